The van der Waals surface area contributed by atoms with Crippen molar-refractivity contribution in [1.29, 1.82) is 0 Å². The zero-order valence-corrected chi connectivity index (χ0v) is 11.9. The van der Waals surface area contributed by atoms with E-state index in [9.17, 15) is 9.50 Å². The van der Waals surface area contributed by atoms with Gasteiger partial charge in [0, 0.05) is 17.1 Å². The summed E-state index contributed by atoms with van der Waals surface area (Å²) in [4.78, 5) is 3.88. The molecule has 1 heterocycles. The molecule has 19 heavy (non-hydrogen) atoms. The van der Waals surface area contributed by atoms with Crippen LogP contribution in [0.1, 0.15) is 17.4 Å². The predicted octanol–water partition coefficient (Wildman–Crippen LogP) is 3.27. The molecule has 100 valence electrons. The van der Waals surface area contributed by atoms with Crippen LogP contribution in [0.25, 0.3) is 0 Å². The van der Waals surface area contributed by atoms with Crippen molar-refractivity contribution in [1.82, 2.24) is 4.98 Å². The molecule has 0 fully saturated rings. The highest BCUT2D eigenvalue weighted by Gasteiger charge is 2.16. The minimum absolute atomic E-state index is 0.0530. The van der Waals surface area contributed by atoms with Crippen LogP contribution in [0.4, 0.5) is 4.39 Å². The molecule has 0 aliphatic carbocycles. The van der Waals surface area contributed by atoms with Gasteiger partial charge in [-0.05, 0) is 35.9 Å². The molecule has 2 rings (SSSR count). The Labute approximate surface area is 119 Å². The number of ether oxygens (including phenoxy) is 1. The third kappa shape index (κ3) is 3.30. The van der Waals surface area contributed by atoms with Gasteiger partial charge in [0.2, 0.25) is 0 Å². The summed E-state index contributed by atoms with van der Waals surface area (Å²) in [6.45, 7) is 0. The number of methoxy groups -OCH3 is 1. The first-order valence-electron chi connectivity index (χ1n) is 5.72. The second kappa shape index (κ2) is 6.12. The normalized spacial score (nSPS) is 12.2. The van der Waals surface area contributed by atoms with Crippen LogP contribution in [-0.4, -0.2) is 17.2 Å². The molecule has 1 atom stereocenters. The Morgan fingerprint density at radius 3 is 2.89 bits per heavy atom. The van der Waals surface area contributed by atoms with Gasteiger partial charge in [-0.15, -0.1) is 0 Å². The fourth-order valence-corrected chi connectivity index (χ4v) is 2.19. The summed E-state index contributed by atoms with van der Waals surface area (Å²) in [5.74, 6) is 0.181. The van der Waals surface area contributed by atoms with Gasteiger partial charge in [-0.1, -0.05) is 15.9 Å². The number of aromatic nitrogens is 1. The summed E-state index contributed by atoms with van der Waals surface area (Å²) in [5, 5.41) is 10.1. The van der Waals surface area contributed by atoms with Crippen molar-refractivity contribution in [2.45, 2.75) is 12.5 Å². The molecule has 0 bridgehead atoms. The van der Waals surface area contributed by atoms with Gasteiger partial charge < -0.3 is 9.84 Å². The summed E-state index contributed by atoms with van der Waals surface area (Å²) in [7, 11) is 1.57. The van der Waals surface area contributed by atoms with Crippen LogP contribution in [0.3, 0.4) is 0 Å². The van der Waals surface area contributed by atoms with Gasteiger partial charge in [-0.3, -0.25) is 4.98 Å². The summed E-state index contributed by atoms with van der Waals surface area (Å²) < 4.78 is 19.5. The molecule has 0 aliphatic heterocycles. The van der Waals surface area contributed by atoms with Gasteiger partial charge in [-0.25, -0.2) is 4.39 Å². The fraction of sp³-hybridized carbons (Fsp3) is 0.214. The number of rotatable bonds is 4. The molecule has 2 aromatic rings. The van der Waals surface area contributed by atoms with Gasteiger partial charge in [0.25, 0.3) is 0 Å². The van der Waals surface area contributed by atoms with Gasteiger partial charge >= 0.3 is 0 Å². The maximum absolute atomic E-state index is 13.5. The van der Waals surface area contributed by atoms with E-state index in [-0.39, 0.29) is 12.1 Å². The highest BCUT2D eigenvalue weighted by molar-refractivity contribution is 9.10. The molecule has 1 unspecified atom stereocenters. The maximum Gasteiger partial charge on any atom is 0.147 e. The van der Waals surface area contributed by atoms with Gasteiger partial charge in [-0.2, -0.15) is 0 Å². The highest BCUT2D eigenvalue weighted by Crippen LogP contribution is 2.27. The molecule has 1 aromatic carbocycles. The summed E-state index contributed by atoms with van der Waals surface area (Å²) >= 11 is 3.40. The fourth-order valence-electron chi connectivity index (χ4n) is 1.78. The summed E-state index contributed by atoms with van der Waals surface area (Å²) in [5.41, 5.74) is 0.883. The molecule has 0 saturated carbocycles. The third-order valence-electron chi connectivity index (χ3n) is 2.77. The van der Waals surface area contributed by atoms with E-state index in [0.717, 1.165) is 10.0 Å². The second-order valence-corrected chi connectivity index (χ2v) is 4.90. The van der Waals surface area contributed by atoms with E-state index in [4.69, 9.17) is 4.74 Å². The lowest BCUT2D eigenvalue weighted by molar-refractivity contribution is 0.168. The standard InChI is InChI=1S/C14H13BrFNO2/c1-19-10-4-5-11(15)9(7-10)8-13(18)14-12(16)3-2-6-17-14/h2-7,13,18H,8H2,1H3. The number of halogens is 2. The number of aliphatic hydroxyl groups is 1. The number of aliphatic hydroxyl groups excluding tert-OH is 1. The van der Waals surface area contributed by atoms with Crippen LogP contribution in [0, 0.1) is 5.82 Å². The number of hydrogen-bond donors (Lipinski definition) is 1. The minimum atomic E-state index is -0.996. The van der Waals surface area contributed by atoms with E-state index in [1.165, 1.54) is 18.3 Å². The van der Waals surface area contributed by atoms with Crippen molar-refractivity contribution in [3.8, 4) is 5.75 Å². The molecule has 1 N–H and O–H groups in total. The Morgan fingerprint density at radius 1 is 1.42 bits per heavy atom. The first-order chi connectivity index (χ1) is 9.11. The lowest BCUT2D eigenvalue weighted by Crippen LogP contribution is -2.07. The van der Waals surface area contributed by atoms with E-state index >= 15 is 0 Å². The topological polar surface area (TPSA) is 42.4 Å². The molecule has 0 radical (unpaired) electrons. The molecular formula is C14H13BrFNO2. The molecule has 0 aliphatic rings. The highest BCUT2D eigenvalue weighted by atomic mass is 79.9. The molecule has 0 saturated heterocycles. The largest absolute Gasteiger partial charge is 0.497 e. The predicted molar refractivity (Wildman–Crippen MR) is 73.6 cm³/mol. The average molecular weight is 326 g/mol. The first-order valence-corrected chi connectivity index (χ1v) is 6.52. The number of nitrogens with zero attached hydrogens (tertiary/aromatic N) is 1. The number of hydrogen-bond acceptors (Lipinski definition) is 3. The molecule has 0 spiro atoms. The Kier molecular flexibility index (Phi) is 4.50. The molecule has 0 amide bonds. The van der Waals surface area contributed by atoms with Gasteiger partial charge in [0.15, 0.2) is 0 Å². The molecular weight excluding hydrogens is 313 g/mol. The molecule has 3 nitrogen and oxygen atoms in total. The average Bonchev–Trinajstić information content (AvgIpc) is 2.41. The van der Waals surface area contributed by atoms with Crippen molar-refractivity contribution < 1.29 is 14.2 Å². The van der Waals surface area contributed by atoms with Crippen LogP contribution < -0.4 is 4.74 Å². The van der Waals surface area contributed by atoms with Crippen LogP contribution >= 0.6 is 15.9 Å². The monoisotopic (exact) mass is 325 g/mol. The van der Waals surface area contributed by atoms with Gasteiger partial charge in [0.1, 0.15) is 23.4 Å². The first kappa shape index (κ1) is 14.0. The molecule has 1 aromatic heterocycles. The second-order valence-electron chi connectivity index (χ2n) is 4.05. The van der Waals surface area contributed by atoms with E-state index < -0.39 is 11.9 Å². The lowest BCUT2D eigenvalue weighted by Gasteiger charge is -2.13. The minimum Gasteiger partial charge on any atom is -0.497 e. The Hall–Kier alpha value is -1.46. The summed E-state index contributed by atoms with van der Waals surface area (Å²) in [6, 6.07) is 8.21. The van der Waals surface area contributed by atoms with Crippen molar-refractivity contribution in [3.63, 3.8) is 0 Å². The van der Waals surface area contributed by atoms with E-state index in [1.54, 1.807) is 19.2 Å². The Balaban J connectivity index is 2.24. The SMILES string of the molecule is COc1ccc(Br)c(CC(O)c2ncccc2F)c1. The van der Waals surface area contributed by atoms with Crippen LogP contribution in [-0.2, 0) is 6.42 Å². The van der Waals surface area contributed by atoms with E-state index in [0.29, 0.717) is 5.75 Å². The Bertz CT molecular complexity index is 577. The van der Waals surface area contributed by atoms with E-state index in [2.05, 4.69) is 20.9 Å². The van der Waals surface area contributed by atoms with Crippen molar-refractivity contribution >= 4 is 15.9 Å². The van der Waals surface area contributed by atoms with Crippen LogP contribution in [0.5, 0.6) is 5.75 Å². The van der Waals surface area contributed by atoms with Crippen molar-refractivity contribution in [2.75, 3.05) is 7.11 Å². The van der Waals surface area contributed by atoms with Crippen LogP contribution in [0.15, 0.2) is 41.0 Å². The van der Waals surface area contributed by atoms with Crippen molar-refractivity contribution in [3.05, 3.63) is 58.1 Å². The Morgan fingerprint density at radius 2 is 2.21 bits per heavy atom. The number of benzene rings is 1. The number of pyridine rings is 1. The van der Waals surface area contributed by atoms with Crippen molar-refractivity contribution in [2.24, 2.45) is 0 Å². The van der Waals surface area contributed by atoms with Crippen LogP contribution in [0.2, 0.25) is 0 Å². The zero-order valence-electron chi connectivity index (χ0n) is 10.3. The summed E-state index contributed by atoms with van der Waals surface area (Å²) in [6.07, 6.45) is 0.721. The zero-order chi connectivity index (χ0) is 13.8. The third-order valence-corrected chi connectivity index (χ3v) is 3.54. The van der Waals surface area contributed by atoms with E-state index in [1.807, 2.05) is 6.07 Å². The quantitative estimate of drug-likeness (QED) is 0.938. The lowest BCUT2D eigenvalue weighted by atomic mass is 10.0. The maximum atomic E-state index is 13.5. The smallest absolute Gasteiger partial charge is 0.147 e. The molecule has 5 heteroatoms. The van der Waals surface area contributed by atoms with Gasteiger partial charge in [0.05, 0.1) is 7.11 Å².